The molecule has 0 heterocycles. The van der Waals surface area contributed by atoms with Gasteiger partial charge in [0.05, 0.1) is 10.7 Å². The highest BCUT2D eigenvalue weighted by Gasteiger charge is 2.14. The number of anilines is 1. The van der Waals surface area contributed by atoms with Crippen molar-refractivity contribution in [2.24, 2.45) is 0 Å². The van der Waals surface area contributed by atoms with E-state index < -0.39 is 22.9 Å². The Kier molecular flexibility index (Phi) is 5.87. The van der Waals surface area contributed by atoms with E-state index in [4.69, 9.17) is 16.3 Å². The fourth-order valence-corrected chi connectivity index (χ4v) is 2.68. The predicted molar refractivity (Wildman–Crippen MR) is 84.7 cm³/mol. The monoisotopic (exact) mass is 374 g/mol. The highest BCUT2D eigenvalue weighted by atomic mass is 35.5. The molecule has 128 valence electrons. The summed E-state index contributed by atoms with van der Waals surface area (Å²) < 4.78 is 55.6. The van der Waals surface area contributed by atoms with Gasteiger partial charge in [-0.05, 0) is 31.2 Å². The van der Waals surface area contributed by atoms with Gasteiger partial charge in [0.15, 0.2) is 17.3 Å². The van der Waals surface area contributed by atoms with E-state index >= 15 is 0 Å². The summed E-state index contributed by atoms with van der Waals surface area (Å²) in [6.07, 6.45) is 0. The Labute approximate surface area is 144 Å². The van der Waals surface area contributed by atoms with E-state index in [1.165, 1.54) is 19.1 Å². The lowest BCUT2D eigenvalue weighted by molar-refractivity contribution is 0.101. The lowest BCUT2D eigenvalue weighted by Gasteiger charge is -2.17. The third-order valence-corrected chi connectivity index (χ3v) is 3.71. The van der Waals surface area contributed by atoms with Crippen LogP contribution in [0.25, 0.3) is 0 Å². The number of benzene rings is 2. The topological polar surface area (TPSA) is 78.5 Å². The second kappa shape index (κ2) is 7.69. The highest BCUT2D eigenvalue weighted by molar-refractivity contribution is 7.80. The molecule has 0 saturated heterocycles. The van der Waals surface area contributed by atoms with Gasteiger partial charge in [-0.3, -0.25) is 9.00 Å². The first-order valence-electron chi connectivity index (χ1n) is 6.55. The van der Waals surface area contributed by atoms with Gasteiger partial charge in [-0.15, -0.1) is 0 Å². The summed E-state index contributed by atoms with van der Waals surface area (Å²) in [5, 5.41) is -0.00919. The van der Waals surface area contributed by atoms with Crippen LogP contribution in [-0.4, -0.2) is 14.5 Å². The van der Waals surface area contributed by atoms with Crippen molar-refractivity contribution in [2.45, 2.75) is 13.5 Å². The standard InChI is InChI=1S/C15H12ClF2NO4S/c1-8(20)9-4-10(15(12(16)5-9)19-24(21)22)7-23-14-3-2-11(17)6-13(14)18/h2-6,19H,7H2,1H3,(H,21,22)/p-1. The van der Waals surface area contributed by atoms with Crippen LogP contribution in [0.1, 0.15) is 22.8 Å². The van der Waals surface area contributed by atoms with Gasteiger partial charge in [-0.2, -0.15) is 0 Å². The number of ketones is 1. The number of nitrogens with one attached hydrogen (secondary N) is 1. The van der Waals surface area contributed by atoms with Crippen molar-refractivity contribution in [3.8, 4) is 5.75 Å². The Balaban J connectivity index is 2.35. The fourth-order valence-electron chi connectivity index (χ4n) is 1.93. The van der Waals surface area contributed by atoms with Crippen LogP contribution in [0, 0.1) is 11.6 Å². The molecule has 0 spiro atoms. The average molecular weight is 375 g/mol. The summed E-state index contributed by atoms with van der Waals surface area (Å²) in [6.45, 7) is 1.03. The first-order chi connectivity index (χ1) is 11.3. The SMILES string of the molecule is CC(=O)c1cc(Cl)c(NS(=O)[O-])c(COc2ccc(F)cc2F)c1. The number of Topliss-reactive ketones (excluding diaryl/α,β-unsaturated/α-hetero) is 1. The van der Waals surface area contributed by atoms with Crippen LogP contribution in [0.2, 0.25) is 5.02 Å². The minimum atomic E-state index is -2.66. The molecular weight excluding hydrogens is 364 g/mol. The van der Waals surface area contributed by atoms with Gasteiger partial charge >= 0.3 is 0 Å². The van der Waals surface area contributed by atoms with Crippen molar-refractivity contribution in [3.05, 3.63) is 58.1 Å². The molecule has 0 fully saturated rings. The number of halogens is 3. The van der Waals surface area contributed by atoms with Gasteiger partial charge in [0.2, 0.25) is 0 Å². The molecule has 0 aliphatic heterocycles. The minimum Gasteiger partial charge on any atom is -0.755 e. The van der Waals surface area contributed by atoms with Crippen molar-refractivity contribution >= 4 is 34.3 Å². The van der Waals surface area contributed by atoms with Crippen molar-refractivity contribution in [1.29, 1.82) is 0 Å². The largest absolute Gasteiger partial charge is 0.755 e. The van der Waals surface area contributed by atoms with Gasteiger partial charge in [-0.25, -0.2) is 8.78 Å². The lowest BCUT2D eigenvalue weighted by atomic mass is 10.1. The molecule has 0 bridgehead atoms. The molecule has 0 aromatic heterocycles. The molecule has 24 heavy (non-hydrogen) atoms. The second-order valence-corrected chi connectivity index (χ2v) is 5.83. The van der Waals surface area contributed by atoms with Crippen LogP contribution >= 0.6 is 11.6 Å². The quantitative estimate of drug-likeness (QED) is 0.619. The van der Waals surface area contributed by atoms with E-state index in [-0.39, 0.29) is 40.0 Å². The van der Waals surface area contributed by atoms with E-state index in [0.29, 0.717) is 6.07 Å². The summed E-state index contributed by atoms with van der Waals surface area (Å²) in [7, 11) is 0. The third-order valence-electron chi connectivity index (χ3n) is 3.04. The van der Waals surface area contributed by atoms with Crippen LogP contribution in [0.5, 0.6) is 5.75 Å². The Bertz CT molecular complexity index is 816. The van der Waals surface area contributed by atoms with E-state index in [1.807, 2.05) is 0 Å². The summed E-state index contributed by atoms with van der Waals surface area (Å²) in [6, 6.07) is 5.45. The van der Waals surface area contributed by atoms with Crippen molar-refractivity contribution < 1.29 is 27.1 Å². The predicted octanol–water partition coefficient (Wildman–Crippen LogP) is 3.61. The molecule has 5 nitrogen and oxygen atoms in total. The summed E-state index contributed by atoms with van der Waals surface area (Å²) in [5.74, 6) is -2.19. The molecule has 0 radical (unpaired) electrons. The van der Waals surface area contributed by atoms with Crippen LogP contribution in [-0.2, 0) is 17.9 Å². The maximum atomic E-state index is 13.6. The zero-order chi connectivity index (χ0) is 17.9. The molecule has 0 aliphatic rings. The van der Waals surface area contributed by atoms with Gasteiger partial charge < -0.3 is 14.0 Å². The third kappa shape index (κ3) is 4.50. The zero-order valence-corrected chi connectivity index (χ0v) is 13.8. The molecule has 2 rings (SSSR count). The number of ether oxygens (including phenoxy) is 1. The van der Waals surface area contributed by atoms with Crippen LogP contribution in [0.4, 0.5) is 14.5 Å². The van der Waals surface area contributed by atoms with E-state index in [2.05, 4.69) is 4.72 Å². The molecule has 9 heteroatoms. The minimum absolute atomic E-state index is 0.00919. The van der Waals surface area contributed by atoms with Gasteiger partial charge in [0, 0.05) is 28.5 Å². The molecule has 2 aromatic carbocycles. The Morgan fingerprint density at radius 2 is 2.04 bits per heavy atom. The molecule has 0 aliphatic carbocycles. The molecule has 1 atom stereocenters. The van der Waals surface area contributed by atoms with E-state index in [9.17, 15) is 22.3 Å². The smallest absolute Gasteiger partial charge is 0.167 e. The maximum Gasteiger partial charge on any atom is 0.167 e. The fraction of sp³-hybridized carbons (Fsp3) is 0.133. The number of carbonyl (C=O) groups excluding carboxylic acids is 1. The number of rotatable bonds is 6. The summed E-state index contributed by atoms with van der Waals surface area (Å²) in [5.41, 5.74) is 0.471. The van der Waals surface area contributed by atoms with Crippen molar-refractivity contribution in [3.63, 3.8) is 0 Å². The van der Waals surface area contributed by atoms with Gasteiger partial charge in [0.25, 0.3) is 0 Å². The number of carbonyl (C=O) groups is 1. The van der Waals surface area contributed by atoms with Gasteiger partial charge in [0.1, 0.15) is 12.4 Å². The first kappa shape index (κ1) is 18.3. The molecule has 1 unspecified atom stereocenters. The Morgan fingerprint density at radius 1 is 1.33 bits per heavy atom. The van der Waals surface area contributed by atoms with E-state index in [0.717, 1.165) is 12.1 Å². The highest BCUT2D eigenvalue weighted by Crippen LogP contribution is 2.30. The van der Waals surface area contributed by atoms with Gasteiger partial charge in [-0.1, -0.05) is 11.6 Å². The van der Waals surface area contributed by atoms with E-state index in [1.54, 1.807) is 0 Å². The summed E-state index contributed by atoms with van der Waals surface area (Å²) >= 11 is 3.33. The molecule has 0 saturated carbocycles. The van der Waals surface area contributed by atoms with Crippen molar-refractivity contribution in [2.75, 3.05) is 4.72 Å². The maximum absolute atomic E-state index is 13.6. The molecule has 0 amide bonds. The Hall–Kier alpha value is -2.03. The zero-order valence-electron chi connectivity index (χ0n) is 12.3. The second-order valence-electron chi connectivity index (χ2n) is 4.75. The number of hydrogen-bond acceptors (Lipinski definition) is 4. The average Bonchev–Trinajstić information content (AvgIpc) is 2.48. The van der Waals surface area contributed by atoms with Crippen LogP contribution in [0.3, 0.4) is 0 Å². The van der Waals surface area contributed by atoms with Crippen LogP contribution in [0.15, 0.2) is 30.3 Å². The number of hydrogen-bond donors (Lipinski definition) is 1. The lowest BCUT2D eigenvalue weighted by Crippen LogP contribution is -2.09. The molecular formula is C15H11ClF2NO4S-. The normalized spacial score (nSPS) is 11.9. The molecule has 2 aromatic rings. The Morgan fingerprint density at radius 3 is 2.62 bits per heavy atom. The van der Waals surface area contributed by atoms with Crippen LogP contribution < -0.4 is 9.46 Å². The van der Waals surface area contributed by atoms with Crippen molar-refractivity contribution in [1.82, 2.24) is 0 Å². The summed E-state index contributed by atoms with van der Waals surface area (Å²) in [4.78, 5) is 11.5. The molecule has 1 N–H and O–H groups in total. The first-order valence-corrected chi connectivity index (χ1v) is 8.00.